The molecular weight excluding hydrogens is 244 g/mol. The van der Waals surface area contributed by atoms with E-state index in [9.17, 15) is 4.79 Å². The summed E-state index contributed by atoms with van der Waals surface area (Å²) in [4.78, 5) is 13.8. The highest BCUT2D eigenvalue weighted by molar-refractivity contribution is 5.92. The molecule has 0 fully saturated rings. The van der Waals surface area contributed by atoms with Gasteiger partial charge >= 0.3 is 0 Å². The Morgan fingerprint density at radius 2 is 2.21 bits per heavy atom. The molecule has 0 aliphatic rings. The van der Waals surface area contributed by atoms with Crippen molar-refractivity contribution in [3.8, 4) is 0 Å². The maximum Gasteiger partial charge on any atom is 0.271 e. The number of likely N-dealkylation sites (N-methyl/N-ethyl adjacent to an activating group) is 1. The van der Waals surface area contributed by atoms with E-state index in [1.807, 2.05) is 19.0 Å². The van der Waals surface area contributed by atoms with E-state index < -0.39 is 0 Å². The van der Waals surface area contributed by atoms with Gasteiger partial charge in [-0.05, 0) is 26.2 Å². The molecule has 0 aromatic carbocycles. The van der Waals surface area contributed by atoms with E-state index in [4.69, 9.17) is 10.8 Å². The van der Waals surface area contributed by atoms with Gasteiger partial charge in [0.2, 0.25) is 0 Å². The molecule has 3 N–H and O–H groups in total. The molecular formula is C12H22N6O. The first-order valence-corrected chi connectivity index (χ1v) is 6.11. The van der Waals surface area contributed by atoms with E-state index >= 15 is 0 Å². The fourth-order valence-corrected chi connectivity index (χ4v) is 1.38. The van der Waals surface area contributed by atoms with Gasteiger partial charge in [0.15, 0.2) is 0 Å². The van der Waals surface area contributed by atoms with Crippen molar-refractivity contribution in [1.29, 1.82) is 10.8 Å². The zero-order valence-corrected chi connectivity index (χ0v) is 11.5. The first-order valence-electron chi connectivity index (χ1n) is 6.11. The molecule has 0 saturated carbocycles. The second kappa shape index (κ2) is 6.79. The van der Waals surface area contributed by atoms with Crippen molar-refractivity contribution in [2.75, 3.05) is 27.2 Å². The number of rotatable bonds is 5. The first kappa shape index (κ1) is 15.0. The Labute approximate surface area is 113 Å². The Kier molecular flexibility index (Phi) is 5.37. The molecule has 1 heterocycles. The van der Waals surface area contributed by atoms with E-state index in [0.29, 0.717) is 13.0 Å². The van der Waals surface area contributed by atoms with Crippen molar-refractivity contribution in [3.05, 3.63) is 23.3 Å². The Hall–Kier alpha value is -2.02. The number of carbonyl (C=O) groups is 1. The smallest absolute Gasteiger partial charge is 0.271 e. The number of aromatic nitrogens is 2. The topological polar surface area (TPSA) is 97.9 Å². The Morgan fingerprint density at radius 1 is 1.53 bits per heavy atom. The van der Waals surface area contributed by atoms with Crippen LogP contribution in [0.3, 0.4) is 0 Å². The average Bonchev–Trinajstić information content (AvgIpc) is 2.37. The van der Waals surface area contributed by atoms with E-state index in [-0.39, 0.29) is 24.4 Å². The van der Waals surface area contributed by atoms with Crippen LogP contribution in [0.15, 0.2) is 12.1 Å². The molecule has 1 rings (SSSR count). The number of hydrogen-bond acceptors (Lipinski definition) is 5. The van der Waals surface area contributed by atoms with Gasteiger partial charge in [0, 0.05) is 20.9 Å². The van der Waals surface area contributed by atoms with Gasteiger partial charge in [-0.25, -0.2) is 4.68 Å². The standard InChI is InChI=1S/C12H20N6O.H2/c1-4-10(13)18-11(14)6-5-9(16-18)12(19)15-7-8-17(2)3;/h5-6,13-14H,4,7-8H2,1-3H3,(H,15,19);1H. The van der Waals surface area contributed by atoms with E-state index in [1.54, 1.807) is 6.92 Å². The summed E-state index contributed by atoms with van der Waals surface area (Å²) in [6, 6.07) is 2.96. The van der Waals surface area contributed by atoms with Gasteiger partial charge < -0.3 is 10.2 Å². The summed E-state index contributed by atoms with van der Waals surface area (Å²) in [6.45, 7) is 3.08. The number of amides is 1. The molecule has 0 saturated heterocycles. The van der Waals surface area contributed by atoms with Crippen LogP contribution in [-0.2, 0) is 0 Å². The Morgan fingerprint density at radius 3 is 2.79 bits per heavy atom. The van der Waals surface area contributed by atoms with E-state index in [0.717, 1.165) is 6.54 Å². The van der Waals surface area contributed by atoms with Crippen LogP contribution >= 0.6 is 0 Å². The van der Waals surface area contributed by atoms with Gasteiger partial charge in [0.25, 0.3) is 5.91 Å². The summed E-state index contributed by atoms with van der Waals surface area (Å²) in [5.74, 6) is -0.104. The minimum atomic E-state index is -0.292. The molecule has 0 radical (unpaired) electrons. The molecule has 1 amide bonds. The molecule has 7 nitrogen and oxygen atoms in total. The summed E-state index contributed by atoms with van der Waals surface area (Å²) in [5.41, 5.74) is 0.310. The minimum Gasteiger partial charge on any atom is -0.349 e. The van der Waals surface area contributed by atoms with Crippen LogP contribution in [0.1, 0.15) is 25.3 Å². The molecule has 1 aromatic rings. The van der Waals surface area contributed by atoms with Crippen LogP contribution in [-0.4, -0.2) is 53.6 Å². The Bertz CT molecular complexity index is 525. The van der Waals surface area contributed by atoms with E-state index in [2.05, 4.69) is 10.4 Å². The number of nitrogens with one attached hydrogen (secondary N) is 3. The molecule has 0 aliphatic carbocycles. The molecule has 0 aliphatic heterocycles. The number of hydrogen-bond donors (Lipinski definition) is 3. The molecule has 7 heteroatoms. The first-order chi connectivity index (χ1) is 8.95. The van der Waals surface area contributed by atoms with Gasteiger partial charge in [-0.3, -0.25) is 15.6 Å². The lowest BCUT2D eigenvalue weighted by Crippen LogP contribution is -2.35. The average molecular weight is 266 g/mol. The summed E-state index contributed by atoms with van der Waals surface area (Å²) < 4.78 is 1.17. The van der Waals surface area contributed by atoms with Gasteiger partial charge in [-0.2, -0.15) is 5.10 Å². The van der Waals surface area contributed by atoms with Crippen molar-refractivity contribution in [2.24, 2.45) is 0 Å². The highest BCUT2D eigenvalue weighted by Crippen LogP contribution is 1.92. The molecule has 1 aromatic heterocycles. The van der Waals surface area contributed by atoms with Crippen molar-refractivity contribution in [1.82, 2.24) is 20.0 Å². The van der Waals surface area contributed by atoms with Crippen LogP contribution in [0.4, 0.5) is 0 Å². The zero-order chi connectivity index (χ0) is 14.4. The SMILES string of the molecule is CCC(=N)n1nc(C(=O)NCCN(C)C)ccc1=N.[HH]. The predicted molar refractivity (Wildman–Crippen MR) is 74.5 cm³/mol. The Balaban J connectivity index is 0.00000361. The van der Waals surface area contributed by atoms with E-state index in [1.165, 1.54) is 16.8 Å². The fourth-order valence-electron chi connectivity index (χ4n) is 1.38. The maximum absolute atomic E-state index is 11.9. The summed E-state index contributed by atoms with van der Waals surface area (Å²) in [7, 11) is 3.85. The van der Waals surface area contributed by atoms with Gasteiger partial charge in [0.05, 0.1) is 0 Å². The van der Waals surface area contributed by atoms with Gasteiger partial charge in [0.1, 0.15) is 17.0 Å². The van der Waals surface area contributed by atoms with Crippen LogP contribution in [0, 0.1) is 10.8 Å². The minimum absolute atomic E-state index is 0. The molecule has 0 bridgehead atoms. The number of nitrogens with zero attached hydrogens (tertiary/aromatic N) is 3. The number of carbonyl (C=O) groups excluding carboxylic acids is 1. The molecule has 0 unspecified atom stereocenters. The third-order valence-electron chi connectivity index (χ3n) is 2.50. The normalized spacial score (nSPS) is 10.5. The molecule has 106 valence electrons. The summed E-state index contributed by atoms with van der Waals surface area (Å²) in [6.07, 6.45) is 0.454. The quantitative estimate of drug-likeness (QED) is 0.522. The van der Waals surface area contributed by atoms with Crippen molar-refractivity contribution < 1.29 is 6.22 Å². The zero-order valence-electron chi connectivity index (χ0n) is 11.5. The maximum atomic E-state index is 11.9. The lowest BCUT2D eigenvalue weighted by atomic mass is 10.3. The lowest BCUT2D eigenvalue weighted by molar-refractivity contribution is 0.0944. The van der Waals surface area contributed by atoms with Crippen molar-refractivity contribution >= 4 is 11.7 Å². The van der Waals surface area contributed by atoms with Gasteiger partial charge in [-0.1, -0.05) is 6.92 Å². The third-order valence-corrected chi connectivity index (χ3v) is 2.50. The highest BCUT2D eigenvalue weighted by atomic mass is 16.1. The molecule has 0 spiro atoms. The lowest BCUT2D eigenvalue weighted by Gasteiger charge is -2.11. The predicted octanol–water partition coefficient (Wildman–Crippen LogP) is 0.135. The second-order valence-electron chi connectivity index (χ2n) is 4.38. The largest absolute Gasteiger partial charge is 0.349 e. The van der Waals surface area contributed by atoms with Gasteiger partial charge in [-0.15, -0.1) is 0 Å². The van der Waals surface area contributed by atoms with Crippen LogP contribution in [0.25, 0.3) is 0 Å². The van der Waals surface area contributed by atoms with Crippen LogP contribution < -0.4 is 10.8 Å². The highest BCUT2D eigenvalue weighted by Gasteiger charge is 2.09. The fraction of sp³-hybridized carbons (Fsp3) is 0.500. The monoisotopic (exact) mass is 266 g/mol. The van der Waals surface area contributed by atoms with Crippen LogP contribution in [0.5, 0.6) is 0 Å². The van der Waals surface area contributed by atoms with Crippen LogP contribution in [0.2, 0.25) is 0 Å². The van der Waals surface area contributed by atoms with Crippen molar-refractivity contribution in [2.45, 2.75) is 13.3 Å². The molecule has 0 atom stereocenters. The summed E-state index contributed by atoms with van der Waals surface area (Å²) in [5, 5.41) is 22.1. The third kappa shape index (κ3) is 4.29. The van der Waals surface area contributed by atoms with Crippen molar-refractivity contribution in [3.63, 3.8) is 0 Å². The molecule has 19 heavy (non-hydrogen) atoms. The summed E-state index contributed by atoms with van der Waals surface area (Å²) >= 11 is 0. The second-order valence-corrected chi connectivity index (χ2v) is 4.38.